The number of halogens is 2. The third-order valence-corrected chi connectivity index (χ3v) is 8.32. The Morgan fingerprint density at radius 1 is 1.19 bits per heavy atom. The van der Waals surface area contributed by atoms with Gasteiger partial charge in [0, 0.05) is 16.9 Å². The number of hydrogen-bond acceptors (Lipinski definition) is 7. The van der Waals surface area contributed by atoms with Gasteiger partial charge in [-0.3, -0.25) is 9.59 Å². The van der Waals surface area contributed by atoms with Gasteiger partial charge in [0.1, 0.15) is 16.6 Å². The fourth-order valence-corrected chi connectivity index (χ4v) is 6.08. The molecule has 1 aromatic carbocycles. The van der Waals surface area contributed by atoms with Gasteiger partial charge in [0.15, 0.2) is 5.78 Å². The van der Waals surface area contributed by atoms with Gasteiger partial charge in [-0.15, -0.1) is 11.8 Å². The quantitative estimate of drug-likeness (QED) is 0.236. The number of carbonyl (C=O) groups excluding carboxylic acids is 2. The highest BCUT2D eigenvalue weighted by atomic mass is 35.5. The van der Waals surface area contributed by atoms with Crippen LogP contribution in [-0.2, 0) is 15.1 Å². The van der Waals surface area contributed by atoms with Gasteiger partial charge < -0.3 is 10.6 Å². The molecule has 5 rings (SSSR count). The molecule has 3 aromatic heterocycles. The van der Waals surface area contributed by atoms with Crippen LogP contribution in [0.5, 0.6) is 0 Å². The zero-order valence-corrected chi connectivity index (χ0v) is 21.4. The summed E-state index contributed by atoms with van der Waals surface area (Å²) in [6, 6.07) is 16.0. The summed E-state index contributed by atoms with van der Waals surface area (Å²) < 4.78 is 13.6. The van der Waals surface area contributed by atoms with Crippen LogP contribution in [0.2, 0.25) is 5.02 Å². The van der Waals surface area contributed by atoms with E-state index >= 15 is 0 Å². The van der Waals surface area contributed by atoms with Crippen molar-refractivity contribution in [3.8, 4) is 0 Å². The van der Waals surface area contributed by atoms with Crippen molar-refractivity contribution in [2.45, 2.75) is 29.0 Å². The van der Waals surface area contributed by atoms with Crippen molar-refractivity contribution in [2.24, 2.45) is 0 Å². The monoisotopic (exact) mass is 538 g/mol. The van der Waals surface area contributed by atoms with Crippen molar-refractivity contribution in [1.29, 1.82) is 0 Å². The second kappa shape index (κ2) is 10.0. The van der Waals surface area contributed by atoms with Crippen LogP contribution >= 0.6 is 34.7 Å². The van der Waals surface area contributed by atoms with Crippen LogP contribution in [0.25, 0.3) is 0 Å². The van der Waals surface area contributed by atoms with E-state index in [0.29, 0.717) is 32.7 Å². The average molecular weight is 539 g/mol. The largest absolute Gasteiger partial charge is 0.339 e. The Kier molecular flexibility index (Phi) is 6.79. The van der Waals surface area contributed by atoms with Crippen molar-refractivity contribution in [3.63, 3.8) is 0 Å². The molecule has 2 unspecified atom stereocenters. The van der Waals surface area contributed by atoms with E-state index in [1.807, 2.05) is 22.9 Å². The molecular formula is C26H20ClFN4O2S2. The number of thioether (sulfide) groups is 1. The summed E-state index contributed by atoms with van der Waals surface area (Å²) in [5.74, 6) is -0.676. The second-order valence-corrected chi connectivity index (χ2v) is 10.7. The molecular weight excluding hydrogens is 519 g/mol. The average Bonchev–Trinajstić information content (AvgIpc) is 3.41. The van der Waals surface area contributed by atoms with Gasteiger partial charge in [-0.05, 0) is 59.6 Å². The number of benzene rings is 1. The molecule has 1 amide bonds. The number of Topliss-reactive ketones (excluding diaryl/α,β-unsaturated/α-hetero) is 1. The summed E-state index contributed by atoms with van der Waals surface area (Å²) in [5, 5.41) is 9.61. The van der Waals surface area contributed by atoms with Gasteiger partial charge in [0.25, 0.3) is 0 Å². The molecule has 36 heavy (non-hydrogen) atoms. The van der Waals surface area contributed by atoms with Gasteiger partial charge in [-0.1, -0.05) is 29.8 Å². The second-order valence-electron chi connectivity index (χ2n) is 8.34. The summed E-state index contributed by atoms with van der Waals surface area (Å²) in [4.78, 5) is 36.0. The van der Waals surface area contributed by atoms with E-state index in [2.05, 4.69) is 15.6 Å². The zero-order chi connectivity index (χ0) is 25.3. The Balaban J connectivity index is 1.48. The number of carbonyl (C=O) groups is 2. The number of aryl methyl sites for hydroxylation is 1. The van der Waals surface area contributed by atoms with Crippen LogP contribution in [0.3, 0.4) is 0 Å². The summed E-state index contributed by atoms with van der Waals surface area (Å²) >= 11 is 8.89. The highest BCUT2D eigenvalue weighted by Crippen LogP contribution is 2.41. The van der Waals surface area contributed by atoms with Crippen LogP contribution in [0.1, 0.15) is 23.2 Å². The standard InChI is InChI=1S/C26H20ClFN4O2S2/c1-15-11-17(13-29-24(15)28)30-22-8-4-7-21(31-22)26(16-9-10-35-14-16)12-19(33)23(25(34)32-26)36-20-6-3-2-5-18(20)27/h2-11,13-14,23H,12H2,1H3,(H,30,31)(H,32,34). The minimum Gasteiger partial charge on any atom is -0.339 e. The number of anilines is 2. The first-order chi connectivity index (χ1) is 17.4. The Bertz CT molecular complexity index is 1430. The first kappa shape index (κ1) is 24.4. The SMILES string of the molecule is Cc1cc(Nc2cccc(C3(c4ccsc4)CC(=O)C(Sc4ccccc4Cl)C(=O)N3)n2)cnc1F. The van der Waals surface area contributed by atoms with E-state index in [4.69, 9.17) is 16.6 Å². The molecule has 0 radical (unpaired) electrons. The lowest BCUT2D eigenvalue weighted by Crippen LogP contribution is -2.58. The molecule has 2 N–H and O–H groups in total. The smallest absolute Gasteiger partial charge is 0.242 e. The lowest BCUT2D eigenvalue weighted by atomic mass is 9.79. The van der Waals surface area contributed by atoms with Crippen molar-refractivity contribution >= 4 is 57.9 Å². The van der Waals surface area contributed by atoms with Crippen molar-refractivity contribution in [2.75, 3.05) is 5.32 Å². The molecule has 1 aliphatic rings. The first-order valence-corrected chi connectivity index (χ1v) is 13.2. The molecule has 1 saturated heterocycles. The number of nitrogens with zero attached hydrogens (tertiary/aromatic N) is 2. The van der Waals surface area contributed by atoms with Crippen LogP contribution in [0.15, 0.2) is 76.4 Å². The van der Waals surface area contributed by atoms with E-state index in [1.54, 1.807) is 49.4 Å². The minimum absolute atomic E-state index is 0.0330. The van der Waals surface area contributed by atoms with Gasteiger partial charge >= 0.3 is 0 Å². The molecule has 6 nitrogen and oxygen atoms in total. The molecule has 0 spiro atoms. The van der Waals surface area contributed by atoms with Crippen molar-refractivity contribution in [3.05, 3.63) is 99.3 Å². The van der Waals surface area contributed by atoms with Crippen LogP contribution in [0, 0.1) is 12.9 Å². The number of rotatable bonds is 6. The Labute approximate surface area is 220 Å². The van der Waals surface area contributed by atoms with Gasteiger partial charge in [0.05, 0.1) is 22.6 Å². The van der Waals surface area contributed by atoms with Crippen LogP contribution < -0.4 is 10.6 Å². The van der Waals surface area contributed by atoms with Crippen molar-refractivity contribution < 1.29 is 14.0 Å². The van der Waals surface area contributed by atoms with Crippen LogP contribution in [0.4, 0.5) is 15.9 Å². The Morgan fingerprint density at radius 2 is 2.03 bits per heavy atom. The molecule has 0 saturated carbocycles. The third kappa shape index (κ3) is 4.74. The predicted molar refractivity (Wildman–Crippen MR) is 140 cm³/mol. The molecule has 182 valence electrons. The normalized spacial score (nSPS) is 19.7. The van der Waals surface area contributed by atoms with Crippen molar-refractivity contribution in [1.82, 2.24) is 15.3 Å². The summed E-state index contributed by atoms with van der Waals surface area (Å²) in [6.07, 6.45) is 1.42. The number of ketones is 1. The summed E-state index contributed by atoms with van der Waals surface area (Å²) in [6.45, 7) is 1.63. The fraction of sp³-hybridized carbons (Fsp3) is 0.154. The number of amides is 1. The lowest BCUT2D eigenvalue weighted by molar-refractivity contribution is -0.133. The Hall–Kier alpha value is -3.27. The number of hydrogen-bond donors (Lipinski definition) is 2. The Morgan fingerprint density at radius 3 is 2.75 bits per heavy atom. The summed E-state index contributed by atoms with van der Waals surface area (Å²) in [5.41, 5.74) is 1.14. The maximum absolute atomic E-state index is 13.6. The zero-order valence-electron chi connectivity index (χ0n) is 19.0. The van der Waals surface area contributed by atoms with E-state index < -0.39 is 22.6 Å². The maximum Gasteiger partial charge on any atom is 0.242 e. The molecule has 4 heterocycles. The topological polar surface area (TPSA) is 84.0 Å². The molecule has 1 aliphatic heterocycles. The molecule has 10 heteroatoms. The van der Waals surface area contributed by atoms with E-state index in [1.165, 1.54) is 17.5 Å². The number of piperidine rings is 1. The molecule has 0 aliphatic carbocycles. The van der Waals surface area contributed by atoms with Gasteiger partial charge in [-0.25, -0.2) is 9.97 Å². The van der Waals surface area contributed by atoms with E-state index in [9.17, 15) is 14.0 Å². The number of aromatic nitrogens is 2. The fourth-order valence-electron chi connectivity index (χ4n) is 4.11. The van der Waals surface area contributed by atoms with Gasteiger partial charge in [0.2, 0.25) is 11.9 Å². The minimum atomic E-state index is -1.12. The maximum atomic E-state index is 13.6. The lowest BCUT2D eigenvalue weighted by Gasteiger charge is -2.39. The third-order valence-electron chi connectivity index (χ3n) is 5.88. The molecule has 2 atom stereocenters. The predicted octanol–water partition coefficient (Wildman–Crippen LogP) is 5.88. The first-order valence-electron chi connectivity index (χ1n) is 11.0. The highest BCUT2D eigenvalue weighted by Gasteiger charge is 2.48. The molecule has 0 bridgehead atoms. The van der Waals surface area contributed by atoms with E-state index in [0.717, 1.165) is 17.3 Å². The highest BCUT2D eigenvalue weighted by molar-refractivity contribution is 8.01. The summed E-state index contributed by atoms with van der Waals surface area (Å²) in [7, 11) is 0. The van der Waals surface area contributed by atoms with Crippen LogP contribution in [-0.4, -0.2) is 26.9 Å². The molecule has 1 fully saturated rings. The molecule has 4 aromatic rings. The van der Waals surface area contributed by atoms with E-state index in [-0.39, 0.29) is 12.2 Å². The number of pyridine rings is 2. The number of thiophene rings is 1. The van der Waals surface area contributed by atoms with Gasteiger partial charge in [-0.2, -0.15) is 15.7 Å². The number of nitrogens with one attached hydrogen (secondary N) is 2.